The monoisotopic (exact) mass is 508 g/mol. The smallest absolute Gasteiger partial charge is 0.408 e. The summed E-state index contributed by atoms with van der Waals surface area (Å²) in [5, 5.41) is 16.4. The summed E-state index contributed by atoms with van der Waals surface area (Å²) in [6.07, 6.45) is 3.38. The van der Waals surface area contributed by atoms with Crippen LogP contribution in [0.1, 0.15) is 59.2 Å². The molecule has 0 unspecified atom stereocenters. The standard InChI is InChI=1S/C19H36N6O2.HI/c1-8-20-16(21-11-9-10-15-12-23-25-14(15)2)22-13-19(6,7)24-17(26)27-18(3,4)5;/h12H,8-11,13H2,1-7H3,(H,23,25)(H,24,26)(H2,20,21,22);1H. The lowest BCUT2D eigenvalue weighted by Crippen LogP contribution is -2.49. The molecule has 8 nitrogen and oxygen atoms in total. The molecule has 0 atom stereocenters. The quantitative estimate of drug-likeness (QED) is 0.187. The summed E-state index contributed by atoms with van der Waals surface area (Å²) in [6.45, 7) is 15.4. The first-order valence-electron chi connectivity index (χ1n) is 9.54. The molecule has 0 fully saturated rings. The van der Waals surface area contributed by atoms with Gasteiger partial charge in [0, 0.05) is 18.8 Å². The molecule has 0 aliphatic rings. The lowest BCUT2D eigenvalue weighted by molar-refractivity contribution is 0.0476. The molecule has 1 heterocycles. The number of nitrogens with zero attached hydrogens (tertiary/aromatic N) is 2. The number of aromatic amines is 1. The zero-order valence-electron chi connectivity index (χ0n) is 18.2. The zero-order chi connectivity index (χ0) is 20.5. The van der Waals surface area contributed by atoms with Crippen molar-refractivity contribution in [2.45, 2.75) is 72.4 Å². The van der Waals surface area contributed by atoms with Crippen LogP contribution in [-0.2, 0) is 11.2 Å². The fraction of sp³-hybridized carbons (Fsp3) is 0.737. The van der Waals surface area contributed by atoms with Crippen molar-refractivity contribution in [1.82, 2.24) is 26.1 Å². The second-order valence-corrected chi connectivity index (χ2v) is 8.26. The second-order valence-electron chi connectivity index (χ2n) is 8.26. The molecule has 1 rings (SSSR count). The van der Waals surface area contributed by atoms with E-state index in [1.165, 1.54) is 5.56 Å². The van der Waals surface area contributed by atoms with Gasteiger partial charge in [-0.1, -0.05) is 0 Å². The van der Waals surface area contributed by atoms with Crippen LogP contribution in [0.3, 0.4) is 0 Å². The number of alkyl carbamates (subject to hydrolysis) is 1. The van der Waals surface area contributed by atoms with Crippen molar-refractivity contribution in [2.24, 2.45) is 4.99 Å². The predicted molar refractivity (Wildman–Crippen MR) is 124 cm³/mol. The maximum absolute atomic E-state index is 12.0. The number of aliphatic imine (C=N–C) groups is 1. The first kappa shape index (κ1) is 26.5. The van der Waals surface area contributed by atoms with E-state index in [9.17, 15) is 4.79 Å². The van der Waals surface area contributed by atoms with Crippen LogP contribution in [-0.4, -0.2) is 53.0 Å². The molecule has 162 valence electrons. The Bertz CT molecular complexity index is 622. The van der Waals surface area contributed by atoms with Crippen LogP contribution in [0.2, 0.25) is 0 Å². The molecule has 1 aromatic heterocycles. The SMILES string of the molecule is CCNC(=NCC(C)(C)NC(=O)OC(C)(C)C)NCCCc1cn[nH]c1C.I. The van der Waals surface area contributed by atoms with E-state index >= 15 is 0 Å². The molecule has 4 N–H and O–H groups in total. The number of nitrogens with one attached hydrogen (secondary N) is 4. The Hall–Kier alpha value is -1.52. The summed E-state index contributed by atoms with van der Waals surface area (Å²) in [6, 6.07) is 0. The minimum Gasteiger partial charge on any atom is -0.444 e. The van der Waals surface area contributed by atoms with Crippen molar-refractivity contribution in [3.05, 3.63) is 17.5 Å². The lowest BCUT2D eigenvalue weighted by atomic mass is 10.1. The number of aromatic nitrogens is 2. The van der Waals surface area contributed by atoms with Crippen LogP contribution >= 0.6 is 24.0 Å². The Morgan fingerprint density at radius 1 is 1.25 bits per heavy atom. The molecule has 9 heteroatoms. The average Bonchev–Trinajstić information content (AvgIpc) is 2.91. The number of carbonyl (C=O) groups excluding carboxylic acids is 1. The van der Waals surface area contributed by atoms with Crippen LogP contribution in [0.15, 0.2) is 11.2 Å². The largest absolute Gasteiger partial charge is 0.444 e. The van der Waals surface area contributed by atoms with Gasteiger partial charge in [-0.05, 0) is 66.9 Å². The third-order valence-corrected chi connectivity index (χ3v) is 3.67. The molecular weight excluding hydrogens is 471 g/mol. The van der Waals surface area contributed by atoms with Crippen LogP contribution in [0.5, 0.6) is 0 Å². The van der Waals surface area contributed by atoms with Gasteiger partial charge in [0.25, 0.3) is 0 Å². The van der Waals surface area contributed by atoms with Gasteiger partial charge in [0.2, 0.25) is 0 Å². The number of hydrogen-bond donors (Lipinski definition) is 4. The number of H-pyrrole nitrogens is 1. The van der Waals surface area contributed by atoms with E-state index in [1.807, 2.05) is 54.7 Å². The van der Waals surface area contributed by atoms with Crippen LogP contribution in [0, 0.1) is 6.92 Å². The Morgan fingerprint density at radius 3 is 2.46 bits per heavy atom. The van der Waals surface area contributed by atoms with Crippen molar-refractivity contribution >= 4 is 36.0 Å². The van der Waals surface area contributed by atoms with Crippen molar-refractivity contribution in [3.8, 4) is 0 Å². The number of amides is 1. The van der Waals surface area contributed by atoms with Gasteiger partial charge in [-0.3, -0.25) is 10.1 Å². The minimum atomic E-state index is -0.521. The highest BCUT2D eigenvalue weighted by atomic mass is 127. The fourth-order valence-corrected chi connectivity index (χ4v) is 2.35. The minimum absolute atomic E-state index is 0. The number of rotatable bonds is 8. The van der Waals surface area contributed by atoms with E-state index in [-0.39, 0.29) is 24.0 Å². The number of halogens is 1. The topological polar surface area (TPSA) is 103 Å². The van der Waals surface area contributed by atoms with Gasteiger partial charge in [-0.25, -0.2) is 4.79 Å². The molecule has 1 aromatic rings. The number of carbonyl (C=O) groups is 1. The molecule has 0 aliphatic carbocycles. The van der Waals surface area contributed by atoms with Crippen LogP contribution < -0.4 is 16.0 Å². The Labute approximate surface area is 186 Å². The molecule has 0 aliphatic heterocycles. The summed E-state index contributed by atoms with van der Waals surface area (Å²) in [7, 11) is 0. The summed E-state index contributed by atoms with van der Waals surface area (Å²) < 4.78 is 5.31. The van der Waals surface area contributed by atoms with Crippen molar-refractivity contribution in [1.29, 1.82) is 0 Å². The number of guanidine groups is 1. The molecule has 0 spiro atoms. The molecule has 1 amide bonds. The molecule has 0 aromatic carbocycles. The van der Waals surface area contributed by atoms with Crippen LogP contribution in [0.4, 0.5) is 4.79 Å². The molecule has 0 radical (unpaired) electrons. The molecule has 0 saturated carbocycles. The van der Waals surface area contributed by atoms with Gasteiger partial charge >= 0.3 is 6.09 Å². The molecule has 0 saturated heterocycles. The van der Waals surface area contributed by atoms with E-state index in [0.717, 1.165) is 37.6 Å². The van der Waals surface area contributed by atoms with Gasteiger partial charge in [-0.2, -0.15) is 5.10 Å². The zero-order valence-corrected chi connectivity index (χ0v) is 20.6. The van der Waals surface area contributed by atoms with E-state index in [4.69, 9.17) is 4.74 Å². The number of aryl methyl sites for hydroxylation is 2. The lowest BCUT2D eigenvalue weighted by Gasteiger charge is -2.27. The summed E-state index contributed by atoms with van der Waals surface area (Å²) >= 11 is 0. The van der Waals surface area contributed by atoms with E-state index in [1.54, 1.807) is 0 Å². The number of hydrogen-bond acceptors (Lipinski definition) is 4. The molecule has 0 bridgehead atoms. The highest BCUT2D eigenvalue weighted by Gasteiger charge is 2.24. The summed E-state index contributed by atoms with van der Waals surface area (Å²) in [4.78, 5) is 16.6. The highest BCUT2D eigenvalue weighted by molar-refractivity contribution is 14.0. The van der Waals surface area contributed by atoms with E-state index in [2.05, 4.69) is 31.1 Å². The summed E-state index contributed by atoms with van der Waals surface area (Å²) in [5.41, 5.74) is 1.32. The Kier molecular flexibility index (Phi) is 11.5. The third kappa shape index (κ3) is 11.4. The van der Waals surface area contributed by atoms with Crippen molar-refractivity contribution < 1.29 is 9.53 Å². The van der Waals surface area contributed by atoms with Crippen LogP contribution in [0.25, 0.3) is 0 Å². The first-order chi connectivity index (χ1) is 12.5. The van der Waals surface area contributed by atoms with Gasteiger partial charge in [0.15, 0.2) is 5.96 Å². The highest BCUT2D eigenvalue weighted by Crippen LogP contribution is 2.10. The predicted octanol–water partition coefficient (Wildman–Crippen LogP) is 3.13. The number of ether oxygens (including phenoxy) is 1. The van der Waals surface area contributed by atoms with Gasteiger partial charge in [0.1, 0.15) is 5.60 Å². The van der Waals surface area contributed by atoms with Crippen molar-refractivity contribution in [3.63, 3.8) is 0 Å². The van der Waals surface area contributed by atoms with E-state index < -0.39 is 17.2 Å². The van der Waals surface area contributed by atoms with E-state index in [0.29, 0.717) is 6.54 Å². The first-order valence-corrected chi connectivity index (χ1v) is 9.54. The molecule has 28 heavy (non-hydrogen) atoms. The fourth-order valence-electron chi connectivity index (χ4n) is 2.35. The average molecular weight is 508 g/mol. The maximum atomic E-state index is 12.0. The normalized spacial score (nSPS) is 12.2. The molecular formula is C19H37IN6O2. The maximum Gasteiger partial charge on any atom is 0.408 e. The van der Waals surface area contributed by atoms with Gasteiger partial charge < -0.3 is 20.7 Å². The van der Waals surface area contributed by atoms with Crippen molar-refractivity contribution in [2.75, 3.05) is 19.6 Å². The Morgan fingerprint density at radius 2 is 1.93 bits per heavy atom. The second kappa shape index (κ2) is 12.1. The summed E-state index contributed by atoms with van der Waals surface area (Å²) in [5.74, 6) is 0.737. The van der Waals surface area contributed by atoms with Gasteiger partial charge in [-0.15, -0.1) is 24.0 Å². The third-order valence-electron chi connectivity index (χ3n) is 3.67. The Balaban J connectivity index is 0.00000729. The van der Waals surface area contributed by atoms with Gasteiger partial charge in [0.05, 0.1) is 18.3 Å².